The number of nitrogens with zero attached hydrogens (tertiary/aromatic N) is 7. The summed E-state index contributed by atoms with van der Waals surface area (Å²) in [4.78, 5) is 72.1. The quantitative estimate of drug-likeness (QED) is 0.193. The van der Waals surface area contributed by atoms with Crippen molar-refractivity contribution in [1.29, 1.82) is 0 Å². The predicted octanol–water partition coefficient (Wildman–Crippen LogP) is 5.96. The molecule has 0 spiro atoms. The number of aryl methyl sites for hydroxylation is 1. The van der Waals surface area contributed by atoms with Gasteiger partial charge in [-0.25, -0.2) is 15.2 Å². The Bertz CT molecular complexity index is 2410. The molecule has 6 bridgehead atoms. The lowest BCUT2D eigenvalue weighted by molar-refractivity contribution is -0.147. The second-order valence-electron chi connectivity index (χ2n) is 19.9. The van der Waals surface area contributed by atoms with Gasteiger partial charge in [-0.15, -0.1) is 11.3 Å². The van der Waals surface area contributed by atoms with Crippen LogP contribution in [0.5, 0.6) is 0 Å². The molecule has 3 aromatic heterocycles. The number of piperidine rings is 1. The molecule has 0 saturated carbocycles. The van der Waals surface area contributed by atoms with Crippen molar-refractivity contribution in [3.05, 3.63) is 58.2 Å². The lowest BCUT2D eigenvalue weighted by Gasteiger charge is -2.54. The van der Waals surface area contributed by atoms with Crippen molar-refractivity contribution in [3.63, 3.8) is 0 Å². The fourth-order valence-electron chi connectivity index (χ4n) is 10.6. The van der Waals surface area contributed by atoms with Gasteiger partial charge in [0.2, 0.25) is 5.91 Å². The molecule has 2 N–H and O–H groups in total. The van der Waals surface area contributed by atoms with E-state index in [9.17, 15) is 19.2 Å². The third-order valence-electron chi connectivity index (χ3n) is 14.1. The Balaban J connectivity index is 1.17. The van der Waals surface area contributed by atoms with E-state index in [4.69, 9.17) is 19.4 Å². The van der Waals surface area contributed by atoms with Crippen LogP contribution in [0.2, 0.25) is 0 Å². The van der Waals surface area contributed by atoms with Gasteiger partial charge in [-0.2, -0.15) is 0 Å². The molecule has 3 saturated heterocycles. The zero-order chi connectivity index (χ0) is 46.4. The van der Waals surface area contributed by atoms with Crippen LogP contribution in [0.15, 0.2) is 41.9 Å². The van der Waals surface area contributed by atoms with Gasteiger partial charge in [0.1, 0.15) is 23.9 Å². The second-order valence-corrected chi connectivity index (χ2v) is 20.9. The lowest BCUT2D eigenvalue weighted by Crippen LogP contribution is -2.69. The number of likely N-dealkylation sites (N-methyl/N-ethyl adjacent to an activating group) is 2. The van der Waals surface area contributed by atoms with Gasteiger partial charge in [0.05, 0.1) is 47.4 Å². The summed E-state index contributed by atoms with van der Waals surface area (Å²) in [5, 5.41) is 8.34. The van der Waals surface area contributed by atoms with Gasteiger partial charge < -0.3 is 38.9 Å². The van der Waals surface area contributed by atoms with Crippen molar-refractivity contribution >= 4 is 46.4 Å². The van der Waals surface area contributed by atoms with Crippen LogP contribution in [-0.4, -0.2) is 143 Å². The molecule has 7 heterocycles. The summed E-state index contributed by atoms with van der Waals surface area (Å²) < 4.78 is 14.7. The Morgan fingerprint density at radius 2 is 1.95 bits per heavy atom. The Labute approximate surface area is 387 Å². The minimum absolute atomic E-state index is 0.0544. The number of thiazole rings is 1. The highest BCUT2D eigenvalue weighted by Crippen LogP contribution is 2.42. The van der Waals surface area contributed by atoms with Crippen LogP contribution in [0.1, 0.15) is 83.2 Å². The molecule has 6 atom stereocenters. The molecular weight excluding hydrogens is 843 g/mol. The first kappa shape index (κ1) is 46.8. The van der Waals surface area contributed by atoms with Crippen molar-refractivity contribution in [2.75, 3.05) is 60.6 Å². The Kier molecular flexibility index (Phi) is 13.6. The molecule has 15 nitrogen and oxygen atoms in total. The Morgan fingerprint density at radius 3 is 2.69 bits per heavy atom. The SMILES string of the molecule is CCn1c(-c2cccnc2[C@H](C)OC)c2c3cc(ccc31)-c1csc(n1)C[C@H](NC(=O)[C@H](C(C)C)N(C)C(=O)N1C[C@H]3CCN(C)C[C@H]31)C(=O)N1CCC[C@](C=O)(COCC(C)(C)C2)N1. The topological polar surface area (TPSA) is 154 Å². The minimum atomic E-state index is -1.16. The summed E-state index contributed by atoms with van der Waals surface area (Å²) in [5.41, 5.74) is 8.63. The fourth-order valence-corrected chi connectivity index (χ4v) is 11.4. The summed E-state index contributed by atoms with van der Waals surface area (Å²) in [6, 6.07) is 8.64. The van der Waals surface area contributed by atoms with Gasteiger partial charge in [0.15, 0.2) is 0 Å². The molecule has 4 aliphatic rings. The first-order valence-corrected chi connectivity index (χ1v) is 24.2. The van der Waals surface area contributed by atoms with Gasteiger partial charge in [0.25, 0.3) is 5.91 Å². The number of likely N-dealkylation sites (tertiary alicyclic amines) is 2. The van der Waals surface area contributed by atoms with E-state index in [1.54, 1.807) is 19.1 Å². The van der Waals surface area contributed by atoms with E-state index in [-0.39, 0.29) is 48.4 Å². The molecule has 8 rings (SSSR count). The number of urea groups is 1. The number of hydrogen-bond acceptors (Lipinski definition) is 11. The van der Waals surface area contributed by atoms with E-state index >= 15 is 0 Å². The molecule has 4 amide bonds. The number of pyridine rings is 1. The molecule has 1 aromatic carbocycles. The molecule has 65 heavy (non-hydrogen) atoms. The van der Waals surface area contributed by atoms with Crippen molar-refractivity contribution in [2.24, 2.45) is 17.3 Å². The zero-order valence-electron chi connectivity index (χ0n) is 39.6. The van der Waals surface area contributed by atoms with Crippen LogP contribution < -0.4 is 10.7 Å². The number of hydrogen-bond donors (Lipinski definition) is 2. The maximum Gasteiger partial charge on any atom is 0.320 e. The molecule has 16 heteroatoms. The van der Waals surface area contributed by atoms with Crippen molar-refractivity contribution in [2.45, 2.75) is 110 Å². The summed E-state index contributed by atoms with van der Waals surface area (Å²) in [6.07, 6.45) is 5.29. The molecule has 0 radical (unpaired) electrons. The number of ether oxygens (including phenoxy) is 2. The van der Waals surface area contributed by atoms with Gasteiger partial charge in [-0.05, 0) is 100 Å². The summed E-state index contributed by atoms with van der Waals surface area (Å²) in [5.74, 6) is -0.573. The number of hydrazine groups is 1. The summed E-state index contributed by atoms with van der Waals surface area (Å²) in [7, 11) is 5.47. The molecule has 350 valence electrons. The lowest BCUT2D eigenvalue weighted by atomic mass is 9.82. The summed E-state index contributed by atoms with van der Waals surface area (Å²) >= 11 is 1.44. The van der Waals surface area contributed by atoms with E-state index in [1.807, 2.05) is 43.3 Å². The molecule has 3 fully saturated rings. The third-order valence-corrected chi connectivity index (χ3v) is 15.0. The number of nitrogens with one attached hydrogen (secondary N) is 2. The third kappa shape index (κ3) is 9.21. The van der Waals surface area contributed by atoms with Crippen LogP contribution in [0, 0.1) is 17.3 Å². The zero-order valence-corrected chi connectivity index (χ0v) is 40.4. The minimum Gasteiger partial charge on any atom is -0.378 e. The largest absolute Gasteiger partial charge is 0.378 e. The van der Waals surface area contributed by atoms with Gasteiger partial charge in [0, 0.05) is 80.4 Å². The Hall–Kier alpha value is -4.74. The Morgan fingerprint density at radius 1 is 1.15 bits per heavy atom. The molecule has 4 aliphatic heterocycles. The maximum atomic E-state index is 14.8. The van der Waals surface area contributed by atoms with E-state index in [1.165, 1.54) is 16.3 Å². The number of amides is 4. The molecule has 0 aliphatic carbocycles. The highest BCUT2D eigenvalue weighted by molar-refractivity contribution is 7.10. The normalized spacial score (nSPS) is 24.8. The van der Waals surface area contributed by atoms with Crippen molar-refractivity contribution < 1.29 is 28.7 Å². The highest BCUT2D eigenvalue weighted by Gasteiger charge is 2.47. The van der Waals surface area contributed by atoms with Crippen molar-refractivity contribution in [1.82, 2.24) is 45.0 Å². The van der Waals surface area contributed by atoms with Crippen LogP contribution in [0.4, 0.5) is 4.79 Å². The van der Waals surface area contributed by atoms with Gasteiger partial charge >= 0.3 is 6.03 Å². The highest BCUT2D eigenvalue weighted by atomic mass is 32.1. The van der Waals surface area contributed by atoms with E-state index in [0.717, 1.165) is 77.0 Å². The van der Waals surface area contributed by atoms with Crippen LogP contribution in [-0.2, 0) is 43.2 Å². The van der Waals surface area contributed by atoms with Crippen LogP contribution in [0.25, 0.3) is 33.4 Å². The molecular formula is C49H67N9O6S. The number of carbonyl (C=O) groups excluding carboxylic acids is 4. The first-order chi connectivity index (χ1) is 31.1. The average Bonchev–Trinajstić information content (AvgIpc) is 3.87. The number of aromatic nitrogens is 3. The average molecular weight is 910 g/mol. The van der Waals surface area contributed by atoms with Crippen LogP contribution >= 0.6 is 11.3 Å². The second kappa shape index (κ2) is 18.9. The fraction of sp³-hybridized carbons (Fsp3) is 0.592. The van der Waals surface area contributed by atoms with Gasteiger partial charge in [-0.3, -0.25) is 19.6 Å². The van der Waals surface area contributed by atoms with E-state index in [2.05, 4.69) is 72.3 Å². The number of carbonyl (C=O) groups is 4. The number of aldehydes is 1. The molecule has 4 aromatic rings. The predicted molar refractivity (Wildman–Crippen MR) is 252 cm³/mol. The van der Waals surface area contributed by atoms with Crippen molar-refractivity contribution in [3.8, 4) is 22.5 Å². The number of benzene rings is 1. The smallest absolute Gasteiger partial charge is 0.320 e. The number of fused-ring (bicyclic) bond motifs is 7. The number of rotatable bonds is 9. The van der Waals surface area contributed by atoms with Gasteiger partial charge in [-0.1, -0.05) is 33.8 Å². The van der Waals surface area contributed by atoms with Crippen LogP contribution in [0.3, 0.4) is 0 Å². The summed E-state index contributed by atoms with van der Waals surface area (Å²) in [6.45, 7) is 16.3. The first-order valence-electron chi connectivity index (χ1n) is 23.3. The maximum absolute atomic E-state index is 14.8. The van der Waals surface area contributed by atoms with E-state index < -0.39 is 23.5 Å². The van der Waals surface area contributed by atoms with E-state index in [0.29, 0.717) is 49.9 Å². The number of methoxy groups -OCH3 is 1. The standard InChI is InChI=1S/C49H67N9O6S/c1-10-56-39-15-14-32-21-35(39)36(44(56)34-13-11-18-50-42(34)31(4)63-9)23-48(5,6)28-64-29-49(27-59)17-12-19-58(53-49)46(61)37(22-41-51-38(32)26-65-41)52-45(60)43(30(2)3)55(8)47(62)57-24-33-16-20-54(7)25-40(33)57/h11,13-15,18,21,26-27,30-31,33,37,40,43,53H,10,12,16-17,19-20,22-25,28-29H2,1-9H3,(H,52,60)/t31-,33+,37-,40+,43-,49-/m0/s1. The monoisotopic (exact) mass is 909 g/mol. The molecule has 0 unspecified atom stereocenters.